The van der Waals surface area contributed by atoms with E-state index in [-0.39, 0.29) is 11.3 Å². The molecule has 4 rings (SSSR count). The Morgan fingerprint density at radius 2 is 1.96 bits per heavy atom. The fourth-order valence-electron chi connectivity index (χ4n) is 4.22. The largest absolute Gasteiger partial charge is 0.508 e. The first-order valence-corrected chi connectivity index (χ1v) is 9.99. The second kappa shape index (κ2) is 7.18. The van der Waals surface area contributed by atoms with Gasteiger partial charge < -0.3 is 10.4 Å². The van der Waals surface area contributed by atoms with Gasteiger partial charge in [-0.05, 0) is 63.1 Å². The highest BCUT2D eigenvalue weighted by molar-refractivity contribution is 5.83. The molecule has 0 bridgehead atoms. The van der Waals surface area contributed by atoms with Crippen LogP contribution in [-0.2, 0) is 6.54 Å². The number of pyridine rings is 1. The number of nitrogens with one attached hydrogen (secondary N) is 1. The maximum absolute atomic E-state index is 9.58. The molecule has 1 aliphatic rings. The molecule has 1 fully saturated rings. The lowest BCUT2D eigenvalue weighted by Gasteiger charge is -2.44. The first-order valence-electron chi connectivity index (χ1n) is 9.99. The van der Waals surface area contributed by atoms with E-state index in [0.717, 1.165) is 48.5 Å². The molecule has 1 aliphatic heterocycles. The van der Waals surface area contributed by atoms with Crippen molar-refractivity contribution in [1.29, 1.82) is 0 Å². The summed E-state index contributed by atoms with van der Waals surface area (Å²) >= 11 is 0. The van der Waals surface area contributed by atoms with Crippen LogP contribution in [0.2, 0.25) is 0 Å². The third-order valence-electron chi connectivity index (χ3n) is 5.70. The van der Waals surface area contributed by atoms with Crippen molar-refractivity contribution in [1.82, 2.24) is 25.0 Å². The van der Waals surface area contributed by atoms with Crippen LogP contribution in [0.4, 0.5) is 0 Å². The van der Waals surface area contributed by atoms with Crippen molar-refractivity contribution in [2.75, 3.05) is 13.1 Å². The van der Waals surface area contributed by atoms with Gasteiger partial charge in [-0.2, -0.15) is 5.10 Å². The van der Waals surface area contributed by atoms with E-state index in [2.05, 4.69) is 42.0 Å². The van der Waals surface area contributed by atoms with Crippen LogP contribution in [0.15, 0.2) is 36.5 Å². The van der Waals surface area contributed by atoms with Crippen molar-refractivity contribution in [3.63, 3.8) is 0 Å². The summed E-state index contributed by atoms with van der Waals surface area (Å²) in [7, 11) is 0. The summed E-state index contributed by atoms with van der Waals surface area (Å²) < 4.78 is 1.87. The number of fused-ring (bicyclic) bond motifs is 1. The van der Waals surface area contributed by atoms with Crippen molar-refractivity contribution in [3.8, 4) is 11.4 Å². The van der Waals surface area contributed by atoms with E-state index >= 15 is 0 Å². The Hall–Kier alpha value is -2.44. The normalized spacial score (nSPS) is 19.9. The van der Waals surface area contributed by atoms with Crippen LogP contribution in [0.3, 0.4) is 0 Å². The second-order valence-corrected chi connectivity index (χ2v) is 8.41. The minimum atomic E-state index is 0.114. The van der Waals surface area contributed by atoms with Gasteiger partial charge in [-0.1, -0.05) is 6.92 Å². The Morgan fingerprint density at radius 1 is 1.21 bits per heavy atom. The summed E-state index contributed by atoms with van der Waals surface area (Å²) in [6, 6.07) is 9.74. The van der Waals surface area contributed by atoms with E-state index in [9.17, 15) is 5.11 Å². The smallest absolute Gasteiger partial charge is 0.163 e. The fourth-order valence-corrected chi connectivity index (χ4v) is 4.22. The van der Waals surface area contributed by atoms with Gasteiger partial charge in [0.25, 0.3) is 0 Å². The molecule has 3 heterocycles. The number of benzene rings is 1. The summed E-state index contributed by atoms with van der Waals surface area (Å²) in [5.41, 5.74) is 4.12. The lowest BCUT2D eigenvalue weighted by molar-refractivity contribution is 0.0862. The first kappa shape index (κ1) is 18.9. The zero-order valence-electron chi connectivity index (χ0n) is 17.1. The van der Waals surface area contributed by atoms with Gasteiger partial charge in [0.05, 0.1) is 11.4 Å². The Bertz CT molecular complexity index is 977. The van der Waals surface area contributed by atoms with E-state index in [0.29, 0.717) is 6.04 Å². The van der Waals surface area contributed by atoms with Gasteiger partial charge in [-0.15, -0.1) is 0 Å². The number of phenolic OH excluding ortho intramolecular Hbond substituents is 1. The number of hydrogen-bond donors (Lipinski definition) is 2. The summed E-state index contributed by atoms with van der Waals surface area (Å²) in [4.78, 5) is 7.22. The Labute approximate surface area is 166 Å². The molecule has 0 amide bonds. The highest BCUT2D eigenvalue weighted by Crippen LogP contribution is 2.27. The van der Waals surface area contributed by atoms with Gasteiger partial charge >= 0.3 is 0 Å². The van der Waals surface area contributed by atoms with E-state index in [4.69, 9.17) is 5.10 Å². The number of aryl methyl sites for hydroxylation is 1. The minimum absolute atomic E-state index is 0.114. The quantitative estimate of drug-likeness (QED) is 0.727. The SMILES string of the molecule is CCC1CNC(C)(C)CN1Cc1ccnc2c1c(C)nn2-c1ccc(O)cc1. The van der Waals surface area contributed by atoms with Gasteiger partial charge in [0, 0.05) is 42.8 Å². The number of piperazine rings is 1. The van der Waals surface area contributed by atoms with E-state index in [1.807, 2.05) is 29.9 Å². The predicted octanol–water partition coefficient (Wildman–Crippen LogP) is 3.40. The molecule has 28 heavy (non-hydrogen) atoms. The third-order valence-corrected chi connectivity index (χ3v) is 5.70. The number of phenols is 1. The zero-order valence-corrected chi connectivity index (χ0v) is 17.1. The summed E-state index contributed by atoms with van der Waals surface area (Å²) in [5.74, 6) is 0.248. The highest BCUT2D eigenvalue weighted by Gasteiger charge is 2.32. The van der Waals surface area contributed by atoms with Gasteiger partial charge in [-0.25, -0.2) is 9.67 Å². The molecule has 6 nitrogen and oxygen atoms in total. The van der Waals surface area contributed by atoms with Crippen LogP contribution in [0.1, 0.15) is 38.4 Å². The first-order chi connectivity index (χ1) is 13.4. The second-order valence-electron chi connectivity index (χ2n) is 8.41. The fraction of sp³-hybridized carbons (Fsp3) is 0.455. The van der Waals surface area contributed by atoms with Gasteiger partial charge in [-0.3, -0.25) is 4.90 Å². The van der Waals surface area contributed by atoms with Crippen LogP contribution in [0.5, 0.6) is 5.75 Å². The molecule has 0 aliphatic carbocycles. The number of rotatable bonds is 4. The number of hydrogen-bond acceptors (Lipinski definition) is 5. The molecule has 3 aromatic rings. The molecule has 1 aromatic carbocycles. The number of aromatic nitrogens is 3. The molecule has 2 aromatic heterocycles. The summed E-state index contributed by atoms with van der Waals surface area (Å²) in [6.45, 7) is 11.8. The lowest BCUT2D eigenvalue weighted by Crippen LogP contribution is -2.61. The average Bonchev–Trinajstić information content (AvgIpc) is 3.00. The highest BCUT2D eigenvalue weighted by atomic mass is 16.3. The molecule has 2 N–H and O–H groups in total. The molecular weight excluding hydrogens is 350 g/mol. The number of aromatic hydroxyl groups is 1. The Morgan fingerprint density at radius 3 is 2.68 bits per heavy atom. The Balaban J connectivity index is 1.73. The summed E-state index contributed by atoms with van der Waals surface area (Å²) in [6.07, 6.45) is 3.01. The van der Waals surface area contributed by atoms with E-state index in [1.54, 1.807) is 12.1 Å². The van der Waals surface area contributed by atoms with Gasteiger partial charge in [0.2, 0.25) is 0 Å². The molecule has 148 valence electrons. The molecule has 0 spiro atoms. The monoisotopic (exact) mass is 379 g/mol. The standard InChI is InChI=1S/C22H29N5O/c1-5-17-12-24-22(3,4)14-26(17)13-16-10-11-23-21-20(16)15(2)25-27(21)18-6-8-19(28)9-7-18/h6-11,17,24,28H,5,12-14H2,1-4H3. The molecule has 1 atom stereocenters. The Kier molecular flexibility index (Phi) is 4.85. The van der Waals surface area contributed by atoms with Crippen molar-refractivity contribution in [2.45, 2.75) is 52.2 Å². The zero-order chi connectivity index (χ0) is 19.9. The number of nitrogens with zero attached hydrogens (tertiary/aromatic N) is 4. The van der Waals surface area contributed by atoms with Crippen molar-refractivity contribution < 1.29 is 5.11 Å². The maximum Gasteiger partial charge on any atom is 0.163 e. The van der Waals surface area contributed by atoms with Gasteiger partial charge in [0.1, 0.15) is 5.75 Å². The van der Waals surface area contributed by atoms with Crippen LogP contribution >= 0.6 is 0 Å². The third kappa shape index (κ3) is 3.50. The minimum Gasteiger partial charge on any atom is -0.508 e. The molecule has 0 saturated carbocycles. The molecule has 0 radical (unpaired) electrons. The van der Waals surface area contributed by atoms with Crippen LogP contribution < -0.4 is 5.32 Å². The predicted molar refractivity (Wildman–Crippen MR) is 112 cm³/mol. The lowest BCUT2D eigenvalue weighted by atomic mass is 9.96. The molecule has 1 unspecified atom stereocenters. The average molecular weight is 380 g/mol. The van der Waals surface area contributed by atoms with Crippen LogP contribution in [-0.4, -0.2) is 49.4 Å². The van der Waals surface area contributed by atoms with E-state index < -0.39 is 0 Å². The molecule has 1 saturated heterocycles. The van der Waals surface area contributed by atoms with Crippen molar-refractivity contribution in [2.24, 2.45) is 0 Å². The topological polar surface area (TPSA) is 66.2 Å². The molecule has 6 heteroatoms. The van der Waals surface area contributed by atoms with Crippen LogP contribution in [0, 0.1) is 6.92 Å². The van der Waals surface area contributed by atoms with Crippen molar-refractivity contribution in [3.05, 3.63) is 47.8 Å². The van der Waals surface area contributed by atoms with Crippen molar-refractivity contribution >= 4 is 11.0 Å². The summed E-state index contributed by atoms with van der Waals surface area (Å²) in [5, 5.41) is 19.1. The van der Waals surface area contributed by atoms with Crippen LogP contribution in [0.25, 0.3) is 16.7 Å². The van der Waals surface area contributed by atoms with E-state index in [1.165, 1.54) is 5.56 Å². The molecular formula is C22H29N5O. The van der Waals surface area contributed by atoms with Gasteiger partial charge in [0.15, 0.2) is 5.65 Å². The maximum atomic E-state index is 9.58.